The van der Waals surface area contributed by atoms with E-state index in [9.17, 15) is 9.59 Å². The third-order valence-corrected chi connectivity index (χ3v) is 5.25. The average Bonchev–Trinajstić information content (AvgIpc) is 2.72. The van der Waals surface area contributed by atoms with E-state index < -0.39 is 0 Å². The summed E-state index contributed by atoms with van der Waals surface area (Å²) in [5, 5.41) is 0. The van der Waals surface area contributed by atoms with Crippen molar-refractivity contribution in [3.63, 3.8) is 0 Å². The Bertz CT molecular complexity index is 603. The van der Waals surface area contributed by atoms with Crippen LogP contribution in [-0.2, 0) is 9.53 Å². The van der Waals surface area contributed by atoms with Crippen molar-refractivity contribution >= 4 is 11.8 Å². The molecule has 0 aromatic heterocycles. The Morgan fingerprint density at radius 2 is 1.58 bits per heavy atom. The maximum Gasteiger partial charge on any atom is 0.253 e. The van der Waals surface area contributed by atoms with Crippen molar-refractivity contribution in [3.8, 4) is 5.75 Å². The number of carbonyl (C=O) groups excluding carboxylic acids is 2. The second-order valence-corrected chi connectivity index (χ2v) is 6.97. The monoisotopic (exact) mass is 360 g/mol. The minimum Gasteiger partial charge on any atom is -0.497 e. The Morgan fingerprint density at radius 3 is 2.19 bits per heavy atom. The van der Waals surface area contributed by atoms with Gasteiger partial charge in [-0.3, -0.25) is 9.59 Å². The molecule has 3 rings (SSSR count). The van der Waals surface area contributed by atoms with Gasteiger partial charge in [-0.15, -0.1) is 0 Å². The molecule has 1 aliphatic carbocycles. The molecule has 1 aromatic carbocycles. The third kappa shape index (κ3) is 4.75. The number of carbonyl (C=O) groups is 2. The predicted molar refractivity (Wildman–Crippen MR) is 98.3 cm³/mol. The molecular formula is C20H28N2O4. The minimum absolute atomic E-state index is 0.00166. The number of hydrogen-bond donors (Lipinski definition) is 0. The number of rotatable bonds is 5. The molecule has 1 saturated heterocycles. The van der Waals surface area contributed by atoms with E-state index in [1.165, 1.54) is 19.3 Å². The maximum absolute atomic E-state index is 12.6. The van der Waals surface area contributed by atoms with Crippen LogP contribution in [0.4, 0.5) is 0 Å². The van der Waals surface area contributed by atoms with Crippen molar-refractivity contribution in [2.24, 2.45) is 0 Å². The van der Waals surface area contributed by atoms with Gasteiger partial charge in [0.25, 0.3) is 5.91 Å². The van der Waals surface area contributed by atoms with Gasteiger partial charge >= 0.3 is 0 Å². The maximum atomic E-state index is 12.6. The van der Waals surface area contributed by atoms with Crippen LogP contribution in [0.25, 0.3) is 0 Å². The fourth-order valence-corrected chi connectivity index (χ4v) is 3.59. The molecule has 2 fully saturated rings. The zero-order chi connectivity index (χ0) is 18.4. The van der Waals surface area contributed by atoms with Crippen LogP contribution in [0, 0.1) is 0 Å². The standard InChI is InChI=1S/C20H28N2O4/c1-25-17-9-7-16(8-10-17)20(24)22-13-11-21(12-14-22)19(23)15-26-18-5-3-2-4-6-18/h7-10,18H,2-6,11-15H2,1H3. The molecule has 0 radical (unpaired) electrons. The summed E-state index contributed by atoms with van der Waals surface area (Å²) in [4.78, 5) is 28.5. The highest BCUT2D eigenvalue weighted by atomic mass is 16.5. The van der Waals surface area contributed by atoms with Crippen molar-refractivity contribution in [2.75, 3.05) is 39.9 Å². The van der Waals surface area contributed by atoms with Gasteiger partial charge in [-0.2, -0.15) is 0 Å². The summed E-state index contributed by atoms with van der Waals surface area (Å²) in [6.45, 7) is 2.40. The number of hydrogen-bond acceptors (Lipinski definition) is 4. The molecule has 1 aliphatic heterocycles. The summed E-state index contributed by atoms with van der Waals surface area (Å²) in [5.74, 6) is 0.764. The van der Waals surface area contributed by atoms with Crippen LogP contribution in [0.5, 0.6) is 5.75 Å². The van der Waals surface area contributed by atoms with E-state index in [1.807, 2.05) is 0 Å². The molecule has 6 heteroatoms. The molecule has 2 aliphatic rings. The third-order valence-electron chi connectivity index (χ3n) is 5.25. The molecule has 0 unspecified atom stereocenters. The topological polar surface area (TPSA) is 59.1 Å². The first kappa shape index (κ1) is 18.7. The number of nitrogens with zero attached hydrogens (tertiary/aromatic N) is 2. The quantitative estimate of drug-likeness (QED) is 0.809. The second kappa shape index (κ2) is 9.03. The number of piperazine rings is 1. The lowest BCUT2D eigenvalue weighted by atomic mass is 9.98. The molecule has 142 valence electrons. The first-order valence-electron chi connectivity index (χ1n) is 9.50. The van der Waals surface area contributed by atoms with Gasteiger partial charge in [0.05, 0.1) is 13.2 Å². The van der Waals surface area contributed by atoms with Crippen molar-refractivity contribution < 1.29 is 19.1 Å². The molecule has 1 saturated carbocycles. The van der Waals surface area contributed by atoms with E-state index in [0.717, 1.165) is 18.6 Å². The summed E-state index contributed by atoms with van der Waals surface area (Å²) in [5.41, 5.74) is 0.645. The van der Waals surface area contributed by atoms with Gasteiger partial charge in [0, 0.05) is 31.7 Å². The van der Waals surface area contributed by atoms with Crippen molar-refractivity contribution in [1.82, 2.24) is 9.80 Å². The molecule has 6 nitrogen and oxygen atoms in total. The SMILES string of the molecule is COc1ccc(C(=O)N2CCN(C(=O)COC3CCCCC3)CC2)cc1. The Morgan fingerprint density at radius 1 is 0.962 bits per heavy atom. The van der Waals surface area contributed by atoms with Crippen LogP contribution >= 0.6 is 0 Å². The van der Waals surface area contributed by atoms with E-state index in [2.05, 4.69) is 0 Å². The van der Waals surface area contributed by atoms with Gasteiger partial charge in [-0.1, -0.05) is 19.3 Å². The summed E-state index contributed by atoms with van der Waals surface area (Å²) in [6.07, 6.45) is 6.05. The first-order chi connectivity index (χ1) is 12.7. The number of methoxy groups -OCH3 is 1. The molecular weight excluding hydrogens is 332 g/mol. The lowest BCUT2D eigenvalue weighted by Crippen LogP contribution is -2.51. The number of amides is 2. The highest BCUT2D eigenvalue weighted by Gasteiger charge is 2.25. The van der Waals surface area contributed by atoms with Crippen LogP contribution in [-0.4, -0.2) is 67.6 Å². The van der Waals surface area contributed by atoms with Gasteiger partial charge < -0.3 is 19.3 Å². The Balaban J connectivity index is 1.44. The van der Waals surface area contributed by atoms with Crippen molar-refractivity contribution in [1.29, 1.82) is 0 Å². The highest BCUT2D eigenvalue weighted by Crippen LogP contribution is 2.20. The van der Waals surface area contributed by atoms with Gasteiger partial charge in [-0.25, -0.2) is 0 Å². The van der Waals surface area contributed by atoms with Crippen LogP contribution in [0.1, 0.15) is 42.5 Å². The summed E-state index contributed by atoms with van der Waals surface area (Å²) in [6, 6.07) is 7.12. The van der Waals surface area contributed by atoms with E-state index in [0.29, 0.717) is 31.7 Å². The molecule has 0 atom stereocenters. The fraction of sp³-hybridized carbons (Fsp3) is 0.600. The van der Waals surface area contributed by atoms with Gasteiger partial charge in [0.2, 0.25) is 5.91 Å². The van der Waals surface area contributed by atoms with E-state index in [4.69, 9.17) is 9.47 Å². The van der Waals surface area contributed by atoms with E-state index in [-0.39, 0.29) is 24.5 Å². The van der Waals surface area contributed by atoms with Crippen LogP contribution < -0.4 is 4.74 Å². The second-order valence-electron chi connectivity index (χ2n) is 6.97. The van der Waals surface area contributed by atoms with Gasteiger partial charge in [-0.05, 0) is 37.1 Å². The largest absolute Gasteiger partial charge is 0.497 e. The van der Waals surface area contributed by atoms with Crippen LogP contribution in [0.2, 0.25) is 0 Å². The van der Waals surface area contributed by atoms with Crippen LogP contribution in [0.3, 0.4) is 0 Å². The molecule has 2 amide bonds. The summed E-state index contributed by atoms with van der Waals surface area (Å²) < 4.78 is 10.9. The molecule has 0 bridgehead atoms. The molecule has 0 N–H and O–H groups in total. The minimum atomic E-state index is -0.00166. The molecule has 1 heterocycles. The smallest absolute Gasteiger partial charge is 0.253 e. The fourth-order valence-electron chi connectivity index (χ4n) is 3.59. The summed E-state index contributed by atoms with van der Waals surface area (Å²) in [7, 11) is 1.60. The molecule has 26 heavy (non-hydrogen) atoms. The van der Waals surface area contributed by atoms with Crippen molar-refractivity contribution in [2.45, 2.75) is 38.2 Å². The highest BCUT2D eigenvalue weighted by molar-refractivity contribution is 5.94. The predicted octanol–water partition coefficient (Wildman–Crippen LogP) is 2.33. The normalized spacial score (nSPS) is 18.7. The lowest BCUT2D eigenvalue weighted by Gasteiger charge is -2.35. The van der Waals surface area contributed by atoms with E-state index in [1.54, 1.807) is 41.2 Å². The summed E-state index contributed by atoms with van der Waals surface area (Å²) >= 11 is 0. The molecule has 1 aromatic rings. The van der Waals surface area contributed by atoms with Gasteiger partial charge in [0.1, 0.15) is 12.4 Å². The van der Waals surface area contributed by atoms with Crippen molar-refractivity contribution in [3.05, 3.63) is 29.8 Å². The zero-order valence-corrected chi connectivity index (χ0v) is 15.5. The van der Waals surface area contributed by atoms with E-state index >= 15 is 0 Å². The zero-order valence-electron chi connectivity index (χ0n) is 15.5. The first-order valence-corrected chi connectivity index (χ1v) is 9.50. The lowest BCUT2D eigenvalue weighted by molar-refractivity contribution is -0.140. The Labute approximate surface area is 155 Å². The Kier molecular flexibility index (Phi) is 6.50. The molecule has 0 spiro atoms. The van der Waals surface area contributed by atoms with Gasteiger partial charge in [0.15, 0.2) is 0 Å². The Hall–Kier alpha value is -2.08. The number of ether oxygens (including phenoxy) is 2. The van der Waals surface area contributed by atoms with Crippen LogP contribution in [0.15, 0.2) is 24.3 Å². The average molecular weight is 360 g/mol. The number of benzene rings is 1.